The van der Waals surface area contributed by atoms with Gasteiger partial charge in [0, 0.05) is 25.2 Å². The summed E-state index contributed by atoms with van der Waals surface area (Å²) in [6.07, 6.45) is 0. The molecule has 0 amide bonds. The summed E-state index contributed by atoms with van der Waals surface area (Å²) in [4.78, 5) is 0.330. The molecule has 1 aliphatic heterocycles. The first-order valence-corrected chi connectivity index (χ1v) is 8.20. The van der Waals surface area contributed by atoms with Gasteiger partial charge in [-0.3, -0.25) is 0 Å². The van der Waals surface area contributed by atoms with Gasteiger partial charge in [-0.05, 0) is 44.5 Å². The molecule has 1 N–H and O–H groups in total. The first-order chi connectivity index (χ1) is 9.36. The quantitative estimate of drug-likeness (QED) is 0.915. The maximum Gasteiger partial charge on any atom is 0.243 e. The molecule has 2 atom stereocenters. The highest BCUT2D eigenvalue weighted by Gasteiger charge is 2.33. The van der Waals surface area contributed by atoms with E-state index in [1.165, 1.54) is 0 Å². The predicted molar refractivity (Wildman–Crippen MR) is 85.8 cm³/mol. The van der Waals surface area contributed by atoms with E-state index in [0.29, 0.717) is 23.7 Å². The lowest BCUT2D eigenvalue weighted by atomic mass is 10.2. The van der Waals surface area contributed by atoms with Crippen molar-refractivity contribution in [1.82, 2.24) is 9.62 Å². The summed E-state index contributed by atoms with van der Waals surface area (Å²) >= 11 is 0. The second-order valence-corrected chi connectivity index (χ2v) is 7.26. The van der Waals surface area contributed by atoms with Gasteiger partial charge in [-0.2, -0.15) is 4.31 Å². The monoisotopic (exact) mass is 334 g/mol. The maximum absolute atomic E-state index is 12.8. The second kappa shape index (κ2) is 6.96. The third kappa shape index (κ3) is 3.69. The number of ether oxygens (including phenoxy) is 1. The van der Waals surface area contributed by atoms with Gasteiger partial charge in [0.25, 0.3) is 0 Å². The summed E-state index contributed by atoms with van der Waals surface area (Å²) in [5.41, 5.74) is 0.824. The molecular formula is C14H23ClN2O3S. The number of nitrogens with one attached hydrogen (secondary N) is 1. The van der Waals surface area contributed by atoms with Gasteiger partial charge in [-0.25, -0.2) is 8.42 Å². The zero-order chi connectivity index (χ0) is 14.9. The zero-order valence-corrected chi connectivity index (χ0v) is 14.4. The fourth-order valence-corrected chi connectivity index (χ4v) is 4.27. The summed E-state index contributed by atoms with van der Waals surface area (Å²) in [7, 11) is -1.87. The summed E-state index contributed by atoms with van der Waals surface area (Å²) in [6, 6.07) is 5.12. The van der Waals surface area contributed by atoms with Crippen molar-refractivity contribution >= 4 is 22.4 Å². The fraction of sp³-hybridized carbons (Fsp3) is 0.571. The normalized spacial score (nSPS) is 23.4. The highest BCUT2D eigenvalue weighted by atomic mass is 35.5. The maximum atomic E-state index is 12.8. The SMILES string of the molecule is COc1ccc(S(=O)(=O)N2CC(C)NCC2C)cc1C.Cl. The first kappa shape index (κ1) is 18.2. The Balaban J connectivity index is 0.00000220. The molecule has 7 heteroatoms. The predicted octanol–water partition coefficient (Wildman–Crippen LogP) is 1.80. The van der Waals surface area contributed by atoms with Crippen LogP contribution in [-0.2, 0) is 10.0 Å². The molecule has 1 fully saturated rings. The van der Waals surface area contributed by atoms with Gasteiger partial charge in [0.05, 0.1) is 12.0 Å². The molecule has 1 heterocycles. The molecule has 2 unspecified atom stereocenters. The summed E-state index contributed by atoms with van der Waals surface area (Å²) in [5, 5.41) is 3.29. The Morgan fingerprint density at radius 2 is 2.00 bits per heavy atom. The van der Waals surface area contributed by atoms with Crippen LogP contribution in [0.25, 0.3) is 0 Å². The number of piperazine rings is 1. The number of hydrogen-bond donors (Lipinski definition) is 1. The molecule has 1 saturated heterocycles. The Kier molecular flexibility index (Phi) is 6.04. The first-order valence-electron chi connectivity index (χ1n) is 6.76. The van der Waals surface area contributed by atoms with E-state index in [9.17, 15) is 8.42 Å². The van der Waals surface area contributed by atoms with Crippen molar-refractivity contribution in [3.8, 4) is 5.75 Å². The highest BCUT2D eigenvalue weighted by Crippen LogP contribution is 2.25. The van der Waals surface area contributed by atoms with E-state index in [-0.39, 0.29) is 24.5 Å². The molecule has 21 heavy (non-hydrogen) atoms. The third-order valence-corrected chi connectivity index (χ3v) is 5.66. The van der Waals surface area contributed by atoms with E-state index in [2.05, 4.69) is 5.32 Å². The van der Waals surface area contributed by atoms with E-state index < -0.39 is 10.0 Å². The molecule has 120 valence electrons. The van der Waals surface area contributed by atoms with Crippen LogP contribution in [0.5, 0.6) is 5.75 Å². The summed E-state index contributed by atoms with van der Waals surface area (Å²) in [6.45, 7) is 6.94. The van der Waals surface area contributed by atoms with Crippen molar-refractivity contribution in [2.45, 2.75) is 37.8 Å². The van der Waals surface area contributed by atoms with Gasteiger partial charge in [-0.1, -0.05) is 0 Å². The second-order valence-electron chi connectivity index (χ2n) is 5.36. The van der Waals surface area contributed by atoms with Crippen molar-refractivity contribution in [3.63, 3.8) is 0 Å². The van der Waals surface area contributed by atoms with Crippen LogP contribution < -0.4 is 10.1 Å². The van der Waals surface area contributed by atoms with Crippen molar-refractivity contribution in [2.24, 2.45) is 0 Å². The molecule has 1 aromatic rings. The molecule has 0 aromatic heterocycles. The Morgan fingerprint density at radius 3 is 2.57 bits per heavy atom. The lowest BCUT2D eigenvalue weighted by Crippen LogP contribution is -2.56. The molecule has 0 bridgehead atoms. The van der Waals surface area contributed by atoms with E-state index in [0.717, 1.165) is 5.56 Å². The van der Waals surface area contributed by atoms with Crippen molar-refractivity contribution in [1.29, 1.82) is 0 Å². The van der Waals surface area contributed by atoms with Gasteiger partial charge in [0.1, 0.15) is 5.75 Å². The molecular weight excluding hydrogens is 312 g/mol. The van der Waals surface area contributed by atoms with E-state index >= 15 is 0 Å². The summed E-state index contributed by atoms with van der Waals surface area (Å²) in [5.74, 6) is 0.700. The Morgan fingerprint density at radius 1 is 1.33 bits per heavy atom. The molecule has 1 aromatic carbocycles. The average molecular weight is 335 g/mol. The van der Waals surface area contributed by atoms with Crippen LogP contribution in [0, 0.1) is 6.92 Å². The minimum Gasteiger partial charge on any atom is -0.496 e. The van der Waals surface area contributed by atoms with Gasteiger partial charge < -0.3 is 10.1 Å². The number of benzene rings is 1. The molecule has 0 aliphatic carbocycles. The van der Waals surface area contributed by atoms with Crippen LogP contribution in [0.4, 0.5) is 0 Å². The van der Waals surface area contributed by atoms with Gasteiger partial charge in [0.15, 0.2) is 0 Å². The number of sulfonamides is 1. The van der Waals surface area contributed by atoms with Crippen molar-refractivity contribution in [2.75, 3.05) is 20.2 Å². The van der Waals surface area contributed by atoms with Crippen LogP contribution in [0.1, 0.15) is 19.4 Å². The summed E-state index contributed by atoms with van der Waals surface area (Å²) < 4.78 is 32.3. The van der Waals surface area contributed by atoms with Crippen LogP contribution in [0.2, 0.25) is 0 Å². The topological polar surface area (TPSA) is 58.6 Å². The van der Waals surface area contributed by atoms with E-state index in [1.54, 1.807) is 29.6 Å². The van der Waals surface area contributed by atoms with Crippen LogP contribution in [0.15, 0.2) is 23.1 Å². The van der Waals surface area contributed by atoms with E-state index in [1.807, 2.05) is 20.8 Å². The molecule has 2 rings (SSSR count). The average Bonchev–Trinajstić information content (AvgIpc) is 2.41. The minimum atomic E-state index is -3.45. The number of halogens is 1. The number of aryl methyl sites for hydroxylation is 1. The van der Waals surface area contributed by atoms with Crippen molar-refractivity contribution in [3.05, 3.63) is 23.8 Å². The Hall–Kier alpha value is -0.820. The largest absolute Gasteiger partial charge is 0.496 e. The molecule has 5 nitrogen and oxygen atoms in total. The zero-order valence-electron chi connectivity index (χ0n) is 12.8. The number of nitrogens with zero attached hydrogens (tertiary/aromatic N) is 1. The number of methoxy groups -OCH3 is 1. The van der Waals surface area contributed by atoms with Gasteiger partial charge in [-0.15, -0.1) is 12.4 Å². The molecule has 0 saturated carbocycles. The number of hydrogen-bond acceptors (Lipinski definition) is 4. The van der Waals surface area contributed by atoms with Gasteiger partial charge in [0.2, 0.25) is 10.0 Å². The number of rotatable bonds is 3. The molecule has 0 spiro atoms. The van der Waals surface area contributed by atoms with Gasteiger partial charge >= 0.3 is 0 Å². The van der Waals surface area contributed by atoms with Crippen LogP contribution in [0.3, 0.4) is 0 Å². The van der Waals surface area contributed by atoms with E-state index in [4.69, 9.17) is 4.74 Å². The lowest BCUT2D eigenvalue weighted by Gasteiger charge is -2.36. The Bertz CT molecular complexity index is 592. The van der Waals surface area contributed by atoms with Crippen LogP contribution >= 0.6 is 12.4 Å². The fourth-order valence-electron chi connectivity index (χ4n) is 2.47. The highest BCUT2D eigenvalue weighted by molar-refractivity contribution is 7.89. The lowest BCUT2D eigenvalue weighted by molar-refractivity contribution is 0.244. The third-order valence-electron chi connectivity index (χ3n) is 3.68. The standard InChI is InChI=1S/C14H22N2O3S.ClH/c1-10-7-13(5-6-14(10)19-4)20(17,18)16-9-11(2)15-8-12(16)3;/h5-7,11-12,15H,8-9H2,1-4H3;1H. The smallest absolute Gasteiger partial charge is 0.243 e. The molecule has 0 radical (unpaired) electrons. The minimum absolute atomic E-state index is 0. The van der Waals surface area contributed by atoms with Crippen LogP contribution in [-0.4, -0.2) is 45.0 Å². The Labute approximate surface area is 133 Å². The molecule has 1 aliphatic rings. The van der Waals surface area contributed by atoms with Crippen molar-refractivity contribution < 1.29 is 13.2 Å².